The Morgan fingerprint density at radius 2 is 1.71 bits per heavy atom. The maximum Gasteiger partial charge on any atom is 0.335 e. The van der Waals surface area contributed by atoms with E-state index in [1.54, 1.807) is 12.1 Å². The number of hydrogen-bond donors (Lipinski definition) is 1. The van der Waals surface area contributed by atoms with E-state index in [-0.39, 0.29) is 11.5 Å². The molecule has 1 aromatic rings. The minimum atomic E-state index is -0.959. The number of unbranched alkanes of at least 4 members (excludes halogenated alkanes) is 1. The van der Waals surface area contributed by atoms with E-state index in [1.807, 2.05) is 20.8 Å². The van der Waals surface area contributed by atoms with Gasteiger partial charge in [0.25, 0.3) is 0 Å². The summed E-state index contributed by atoms with van der Waals surface area (Å²) in [4.78, 5) is 22.2. The van der Waals surface area contributed by atoms with Crippen molar-refractivity contribution in [1.29, 1.82) is 0 Å². The van der Waals surface area contributed by atoms with Crippen LogP contribution in [0.4, 0.5) is 0 Å². The van der Waals surface area contributed by atoms with E-state index in [2.05, 4.69) is 0 Å². The summed E-state index contributed by atoms with van der Waals surface area (Å²) in [6, 6.07) is 6.24. The monoisotopic (exact) mass is 294 g/mol. The topological polar surface area (TPSA) is 72.8 Å². The first-order chi connectivity index (χ1) is 9.78. The summed E-state index contributed by atoms with van der Waals surface area (Å²) in [7, 11) is 0. The van der Waals surface area contributed by atoms with Crippen LogP contribution in [0.2, 0.25) is 0 Å². The minimum absolute atomic E-state index is 0.201. The quantitative estimate of drug-likeness (QED) is 0.617. The molecular weight excluding hydrogens is 272 g/mol. The normalized spacial score (nSPS) is 11.0. The first kappa shape index (κ1) is 17.0. The fourth-order valence-electron chi connectivity index (χ4n) is 1.65. The highest BCUT2D eigenvalue weighted by molar-refractivity contribution is 5.87. The molecule has 0 heterocycles. The lowest BCUT2D eigenvalue weighted by Crippen LogP contribution is -2.23. The summed E-state index contributed by atoms with van der Waals surface area (Å²) in [6.45, 7) is 6.01. The molecule has 5 nitrogen and oxygen atoms in total. The van der Waals surface area contributed by atoms with Gasteiger partial charge in [-0.05, 0) is 57.9 Å². The zero-order valence-corrected chi connectivity index (χ0v) is 12.7. The van der Waals surface area contributed by atoms with Gasteiger partial charge < -0.3 is 14.6 Å². The lowest BCUT2D eigenvalue weighted by atomic mass is 10.2. The van der Waals surface area contributed by atoms with Crippen LogP contribution in [0.25, 0.3) is 0 Å². The first-order valence-electron chi connectivity index (χ1n) is 6.96. The number of carbonyl (C=O) groups is 2. The van der Waals surface area contributed by atoms with Crippen molar-refractivity contribution in [2.24, 2.45) is 0 Å². The molecule has 1 N–H and O–H groups in total. The maximum absolute atomic E-state index is 11.5. The van der Waals surface area contributed by atoms with Gasteiger partial charge >= 0.3 is 11.9 Å². The Labute approximate surface area is 124 Å². The second kappa shape index (κ2) is 7.67. The Bertz CT molecular complexity index is 470. The smallest absolute Gasteiger partial charge is 0.335 e. The van der Waals surface area contributed by atoms with Crippen molar-refractivity contribution in [2.75, 3.05) is 6.61 Å². The van der Waals surface area contributed by atoms with Crippen molar-refractivity contribution in [2.45, 2.75) is 45.6 Å². The third-order valence-electron chi connectivity index (χ3n) is 2.57. The number of hydrogen-bond acceptors (Lipinski definition) is 4. The van der Waals surface area contributed by atoms with Crippen LogP contribution >= 0.6 is 0 Å². The van der Waals surface area contributed by atoms with Crippen LogP contribution in [-0.4, -0.2) is 29.3 Å². The zero-order valence-electron chi connectivity index (χ0n) is 12.7. The van der Waals surface area contributed by atoms with Crippen LogP contribution in [0, 0.1) is 0 Å². The molecule has 0 unspecified atom stereocenters. The van der Waals surface area contributed by atoms with Crippen molar-refractivity contribution in [3.63, 3.8) is 0 Å². The Morgan fingerprint density at radius 3 is 2.24 bits per heavy atom. The Balaban J connectivity index is 2.19. The molecule has 0 bridgehead atoms. The number of carboxylic acid groups (broad SMARTS) is 1. The molecule has 0 amide bonds. The highest BCUT2D eigenvalue weighted by Gasteiger charge is 2.15. The van der Waals surface area contributed by atoms with E-state index in [1.165, 1.54) is 12.1 Å². The molecule has 5 heteroatoms. The average molecular weight is 294 g/mol. The summed E-state index contributed by atoms with van der Waals surface area (Å²) in [5, 5.41) is 8.77. The molecule has 0 aliphatic heterocycles. The summed E-state index contributed by atoms with van der Waals surface area (Å²) < 4.78 is 10.7. The molecule has 0 aromatic heterocycles. The molecule has 0 radical (unpaired) electrons. The van der Waals surface area contributed by atoms with E-state index in [9.17, 15) is 9.59 Å². The van der Waals surface area contributed by atoms with Crippen LogP contribution in [0.5, 0.6) is 5.75 Å². The van der Waals surface area contributed by atoms with Crippen molar-refractivity contribution in [3.8, 4) is 5.75 Å². The fourth-order valence-corrected chi connectivity index (χ4v) is 1.65. The number of rotatable bonds is 7. The Hall–Kier alpha value is -2.04. The molecule has 0 fully saturated rings. The van der Waals surface area contributed by atoms with Crippen molar-refractivity contribution in [3.05, 3.63) is 29.8 Å². The number of aromatic carboxylic acids is 1. The van der Waals surface area contributed by atoms with Crippen LogP contribution in [-0.2, 0) is 9.53 Å². The van der Waals surface area contributed by atoms with Gasteiger partial charge in [0.05, 0.1) is 12.2 Å². The van der Waals surface area contributed by atoms with E-state index in [4.69, 9.17) is 14.6 Å². The number of carboxylic acids is 1. The molecule has 0 atom stereocenters. The lowest BCUT2D eigenvalue weighted by molar-refractivity contribution is -0.154. The largest absolute Gasteiger partial charge is 0.494 e. The van der Waals surface area contributed by atoms with Crippen molar-refractivity contribution >= 4 is 11.9 Å². The zero-order chi connectivity index (χ0) is 15.9. The number of carbonyl (C=O) groups excluding carboxylic acids is 1. The van der Waals surface area contributed by atoms with Crippen LogP contribution < -0.4 is 4.74 Å². The van der Waals surface area contributed by atoms with Crippen LogP contribution in [0.3, 0.4) is 0 Å². The molecule has 0 aliphatic rings. The number of ether oxygens (including phenoxy) is 2. The van der Waals surface area contributed by atoms with Gasteiger partial charge in [-0.15, -0.1) is 0 Å². The highest BCUT2D eigenvalue weighted by Crippen LogP contribution is 2.13. The number of esters is 1. The molecule has 0 saturated heterocycles. The lowest BCUT2D eigenvalue weighted by Gasteiger charge is -2.19. The van der Waals surface area contributed by atoms with E-state index in [0.717, 1.165) is 6.42 Å². The van der Waals surface area contributed by atoms with Gasteiger partial charge in [0.15, 0.2) is 0 Å². The highest BCUT2D eigenvalue weighted by atomic mass is 16.6. The maximum atomic E-state index is 11.5. The van der Waals surface area contributed by atoms with E-state index >= 15 is 0 Å². The van der Waals surface area contributed by atoms with Gasteiger partial charge in [-0.3, -0.25) is 4.79 Å². The SMILES string of the molecule is CC(C)(C)OC(=O)CCCCOc1ccc(C(=O)O)cc1. The van der Waals surface area contributed by atoms with Gasteiger partial charge in [-0.25, -0.2) is 4.79 Å². The van der Waals surface area contributed by atoms with Crippen LogP contribution in [0.1, 0.15) is 50.4 Å². The van der Waals surface area contributed by atoms with Gasteiger partial charge in [0, 0.05) is 6.42 Å². The summed E-state index contributed by atoms with van der Waals surface area (Å²) in [6.07, 6.45) is 1.81. The first-order valence-corrected chi connectivity index (χ1v) is 6.96. The van der Waals surface area contributed by atoms with Gasteiger partial charge in [0.2, 0.25) is 0 Å². The molecular formula is C16H22O5. The fraction of sp³-hybridized carbons (Fsp3) is 0.500. The standard InChI is InChI=1S/C16H22O5/c1-16(2,3)21-14(17)6-4-5-11-20-13-9-7-12(8-10-13)15(18)19/h7-10H,4-6,11H2,1-3H3,(H,18,19). The molecule has 1 aromatic carbocycles. The molecule has 1 rings (SSSR count). The van der Waals surface area contributed by atoms with E-state index in [0.29, 0.717) is 25.2 Å². The average Bonchev–Trinajstić information content (AvgIpc) is 2.36. The molecule has 0 saturated carbocycles. The van der Waals surface area contributed by atoms with Gasteiger partial charge in [-0.2, -0.15) is 0 Å². The second-order valence-corrected chi connectivity index (χ2v) is 5.72. The van der Waals surface area contributed by atoms with Crippen molar-refractivity contribution < 1.29 is 24.2 Å². The minimum Gasteiger partial charge on any atom is -0.494 e. The predicted molar refractivity (Wildman–Crippen MR) is 78.6 cm³/mol. The van der Waals surface area contributed by atoms with E-state index < -0.39 is 11.6 Å². The van der Waals surface area contributed by atoms with Gasteiger partial charge in [0.1, 0.15) is 11.4 Å². The molecule has 116 valence electrons. The molecule has 0 aliphatic carbocycles. The third kappa shape index (κ3) is 7.34. The van der Waals surface area contributed by atoms with Crippen LogP contribution in [0.15, 0.2) is 24.3 Å². The summed E-state index contributed by atoms with van der Waals surface area (Å²) in [5.74, 6) is -0.538. The van der Waals surface area contributed by atoms with Gasteiger partial charge in [-0.1, -0.05) is 0 Å². The Morgan fingerprint density at radius 1 is 1.10 bits per heavy atom. The van der Waals surface area contributed by atoms with Crippen molar-refractivity contribution in [1.82, 2.24) is 0 Å². The summed E-state index contributed by atoms with van der Waals surface area (Å²) >= 11 is 0. The Kier molecular flexibility index (Phi) is 6.21. The third-order valence-corrected chi connectivity index (χ3v) is 2.57. The number of benzene rings is 1. The molecule has 21 heavy (non-hydrogen) atoms. The summed E-state index contributed by atoms with van der Waals surface area (Å²) in [5.41, 5.74) is -0.216. The molecule has 0 spiro atoms. The second-order valence-electron chi connectivity index (χ2n) is 5.72. The predicted octanol–water partition coefficient (Wildman–Crippen LogP) is 3.28.